The summed E-state index contributed by atoms with van der Waals surface area (Å²) in [4.78, 5) is 0. The van der Waals surface area contributed by atoms with Gasteiger partial charge >= 0.3 is 0 Å². The number of hydrogen-bond donors (Lipinski definition) is 1. The average Bonchev–Trinajstić information content (AvgIpc) is 2.80. The fraction of sp³-hybridized carbons (Fsp3) is 0.600. The molecule has 1 atom stereocenters. The van der Waals surface area contributed by atoms with Crippen LogP contribution in [0.5, 0.6) is 5.75 Å². The number of nitrogens with one attached hydrogen (secondary N) is 1. The number of ether oxygens (including phenoxy) is 1. The second kappa shape index (κ2) is 5.45. The van der Waals surface area contributed by atoms with Crippen LogP contribution in [0, 0.1) is 13.8 Å². The lowest BCUT2D eigenvalue weighted by Crippen LogP contribution is -2.29. The number of rotatable bonds is 4. The Morgan fingerprint density at radius 3 is 2.68 bits per heavy atom. The Morgan fingerprint density at radius 2 is 2.11 bits per heavy atom. The minimum absolute atomic E-state index is 0.0150. The number of methoxy groups -OCH3 is 1. The molecule has 4 heteroatoms. The highest BCUT2D eigenvalue weighted by Gasteiger charge is 2.38. The van der Waals surface area contributed by atoms with E-state index < -0.39 is 5.92 Å². The van der Waals surface area contributed by atoms with E-state index in [1.54, 1.807) is 13.0 Å². The third-order valence-electron chi connectivity index (χ3n) is 3.68. The van der Waals surface area contributed by atoms with E-state index in [0.717, 1.165) is 30.5 Å². The van der Waals surface area contributed by atoms with Crippen LogP contribution in [0.25, 0.3) is 0 Å². The van der Waals surface area contributed by atoms with Crippen LogP contribution in [-0.2, 0) is 5.92 Å². The van der Waals surface area contributed by atoms with Gasteiger partial charge in [0, 0.05) is 12.5 Å². The van der Waals surface area contributed by atoms with E-state index in [1.807, 2.05) is 13.0 Å². The molecule has 0 amide bonds. The Hall–Kier alpha value is -1.16. The Morgan fingerprint density at radius 1 is 1.37 bits per heavy atom. The van der Waals surface area contributed by atoms with Gasteiger partial charge < -0.3 is 10.1 Å². The Balaban J connectivity index is 2.32. The molecule has 1 aliphatic rings. The fourth-order valence-electron chi connectivity index (χ4n) is 2.85. The van der Waals surface area contributed by atoms with Crippen molar-refractivity contribution in [2.75, 3.05) is 13.7 Å². The molecule has 1 fully saturated rings. The van der Waals surface area contributed by atoms with Crippen molar-refractivity contribution in [3.05, 3.63) is 28.8 Å². The molecule has 2 rings (SSSR count). The van der Waals surface area contributed by atoms with Crippen molar-refractivity contribution >= 4 is 0 Å². The minimum Gasteiger partial charge on any atom is -0.496 e. The van der Waals surface area contributed by atoms with E-state index in [2.05, 4.69) is 5.32 Å². The van der Waals surface area contributed by atoms with Gasteiger partial charge in [-0.25, -0.2) is 8.78 Å². The first-order valence-electron chi connectivity index (χ1n) is 6.71. The maximum absolute atomic E-state index is 14.5. The summed E-state index contributed by atoms with van der Waals surface area (Å²) in [5, 5.41) is 3.13. The van der Waals surface area contributed by atoms with Gasteiger partial charge in [-0.05, 0) is 44.9 Å². The monoisotopic (exact) mass is 269 g/mol. The molecule has 1 aromatic rings. The highest BCUT2D eigenvalue weighted by molar-refractivity contribution is 5.46. The second-order valence-electron chi connectivity index (χ2n) is 5.36. The zero-order valence-corrected chi connectivity index (χ0v) is 11.7. The zero-order chi connectivity index (χ0) is 14.0. The van der Waals surface area contributed by atoms with Crippen LogP contribution in [0.15, 0.2) is 12.1 Å². The van der Waals surface area contributed by atoms with Crippen LogP contribution < -0.4 is 10.1 Å². The van der Waals surface area contributed by atoms with Crippen LogP contribution in [-0.4, -0.2) is 19.7 Å². The summed E-state index contributed by atoms with van der Waals surface area (Å²) in [6.07, 6.45) is 1.64. The van der Waals surface area contributed by atoms with Crippen molar-refractivity contribution in [3.8, 4) is 5.75 Å². The Kier molecular flexibility index (Phi) is 4.09. The van der Waals surface area contributed by atoms with Crippen molar-refractivity contribution in [1.29, 1.82) is 0 Å². The number of aryl methyl sites for hydroxylation is 2. The zero-order valence-electron chi connectivity index (χ0n) is 11.7. The molecule has 1 aromatic carbocycles. The molecule has 0 radical (unpaired) electrons. The molecule has 0 bridgehead atoms. The molecular formula is C15H21F2NO. The number of hydrogen-bond acceptors (Lipinski definition) is 2. The maximum atomic E-state index is 14.5. The first-order valence-corrected chi connectivity index (χ1v) is 6.71. The van der Waals surface area contributed by atoms with Gasteiger partial charge in [0.25, 0.3) is 5.92 Å². The summed E-state index contributed by atoms with van der Waals surface area (Å²) in [5.74, 6) is -2.54. The van der Waals surface area contributed by atoms with Crippen molar-refractivity contribution < 1.29 is 13.5 Å². The summed E-state index contributed by atoms with van der Waals surface area (Å²) >= 11 is 0. The van der Waals surface area contributed by atoms with Gasteiger partial charge in [0.05, 0.1) is 12.7 Å². The normalized spacial score (nSPS) is 19.7. The topological polar surface area (TPSA) is 21.3 Å². The molecule has 19 heavy (non-hydrogen) atoms. The van der Waals surface area contributed by atoms with Crippen molar-refractivity contribution in [2.24, 2.45) is 0 Å². The third-order valence-corrected chi connectivity index (χ3v) is 3.68. The lowest BCUT2D eigenvalue weighted by atomic mass is 9.95. The lowest BCUT2D eigenvalue weighted by Gasteiger charge is -2.24. The predicted octanol–water partition coefficient (Wildman–Crippen LogP) is 3.55. The summed E-state index contributed by atoms with van der Waals surface area (Å²) < 4.78 is 34.2. The van der Waals surface area contributed by atoms with Gasteiger partial charge in [-0.1, -0.05) is 11.6 Å². The summed E-state index contributed by atoms with van der Waals surface area (Å²) in [6.45, 7) is 4.48. The third kappa shape index (κ3) is 3.06. The molecule has 0 saturated carbocycles. The molecule has 106 valence electrons. The smallest absolute Gasteiger partial charge is 0.278 e. The van der Waals surface area contributed by atoms with E-state index in [-0.39, 0.29) is 18.0 Å². The lowest BCUT2D eigenvalue weighted by molar-refractivity contribution is -0.0234. The van der Waals surface area contributed by atoms with Crippen LogP contribution in [0.2, 0.25) is 0 Å². The van der Waals surface area contributed by atoms with E-state index in [9.17, 15) is 8.78 Å². The predicted molar refractivity (Wildman–Crippen MR) is 72.0 cm³/mol. The largest absolute Gasteiger partial charge is 0.496 e. The van der Waals surface area contributed by atoms with Crippen molar-refractivity contribution in [2.45, 2.75) is 45.1 Å². The van der Waals surface area contributed by atoms with Gasteiger partial charge in [-0.15, -0.1) is 0 Å². The Labute approximate surface area is 113 Å². The molecule has 1 unspecified atom stereocenters. The first kappa shape index (κ1) is 14.3. The van der Waals surface area contributed by atoms with Crippen molar-refractivity contribution in [3.63, 3.8) is 0 Å². The molecule has 1 heterocycles. The van der Waals surface area contributed by atoms with Gasteiger partial charge in [0.15, 0.2) is 0 Å². The van der Waals surface area contributed by atoms with Crippen LogP contribution >= 0.6 is 0 Å². The average molecular weight is 269 g/mol. The fourth-order valence-corrected chi connectivity index (χ4v) is 2.85. The van der Waals surface area contributed by atoms with Gasteiger partial charge in [0.2, 0.25) is 0 Å². The standard InChI is InChI=1S/C15H21F2NO/c1-10-7-11(2)14(19-3)13(8-10)15(16,17)9-12-5-4-6-18-12/h7-8,12,18H,4-6,9H2,1-3H3. The number of alkyl halides is 2. The maximum Gasteiger partial charge on any atom is 0.278 e. The van der Waals surface area contributed by atoms with E-state index in [0.29, 0.717) is 5.75 Å². The van der Waals surface area contributed by atoms with E-state index in [1.165, 1.54) is 7.11 Å². The molecule has 1 aliphatic heterocycles. The summed E-state index contributed by atoms with van der Waals surface area (Å²) in [7, 11) is 1.45. The van der Waals surface area contributed by atoms with Crippen LogP contribution in [0.1, 0.15) is 36.0 Å². The van der Waals surface area contributed by atoms with Crippen molar-refractivity contribution in [1.82, 2.24) is 5.32 Å². The number of halogens is 2. The van der Waals surface area contributed by atoms with Gasteiger partial charge in [-0.3, -0.25) is 0 Å². The quantitative estimate of drug-likeness (QED) is 0.902. The molecular weight excluding hydrogens is 248 g/mol. The van der Waals surface area contributed by atoms with Gasteiger partial charge in [0.1, 0.15) is 5.75 Å². The Bertz CT molecular complexity index is 454. The second-order valence-corrected chi connectivity index (χ2v) is 5.36. The molecule has 1 N–H and O–H groups in total. The summed E-state index contributed by atoms with van der Waals surface area (Å²) in [6, 6.07) is 3.31. The number of benzene rings is 1. The molecule has 1 saturated heterocycles. The van der Waals surface area contributed by atoms with Gasteiger partial charge in [-0.2, -0.15) is 0 Å². The molecule has 0 aliphatic carbocycles. The first-order chi connectivity index (χ1) is 8.94. The minimum atomic E-state index is -2.86. The molecule has 2 nitrogen and oxygen atoms in total. The SMILES string of the molecule is COc1c(C)cc(C)cc1C(F)(F)CC1CCCN1. The highest BCUT2D eigenvalue weighted by atomic mass is 19.3. The van der Waals surface area contributed by atoms with Crippen LogP contribution in [0.4, 0.5) is 8.78 Å². The highest BCUT2D eigenvalue weighted by Crippen LogP contribution is 2.41. The summed E-state index contributed by atoms with van der Waals surface area (Å²) in [5.41, 5.74) is 1.62. The molecule has 0 aromatic heterocycles. The molecule has 0 spiro atoms. The van der Waals surface area contributed by atoms with Crippen LogP contribution in [0.3, 0.4) is 0 Å². The van der Waals surface area contributed by atoms with E-state index >= 15 is 0 Å². The van der Waals surface area contributed by atoms with E-state index in [4.69, 9.17) is 4.74 Å².